The average molecular weight is 286 g/mol. The third kappa shape index (κ3) is 3.19. The molecule has 1 saturated carbocycles. The van der Waals surface area contributed by atoms with Gasteiger partial charge < -0.3 is 9.73 Å². The molecule has 0 unspecified atom stereocenters. The van der Waals surface area contributed by atoms with Gasteiger partial charge in [0.05, 0.1) is 6.54 Å². The van der Waals surface area contributed by atoms with E-state index in [1.165, 1.54) is 26.0 Å². The minimum absolute atomic E-state index is 0.0307. The number of hydrogen-bond acceptors (Lipinski definition) is 4. The summed E-state index contributed by atoms with van der Waals surface area (Å²) in [5.41, 5.74) is 0.437. The summed E-state index contributed by atoms with van der Waals surface area (Å²) in [4.78, 5) is 0. The van der Waals surface area contributed by atoms with Crippen LogP contribution in [-0.4, -0.2) is 22.0 Å². The lowest BCUT2D eigenvalue weighted by molar-refractivity contribution is 0.325. The number of furan rings is 1. The molecule has 1 aromatic heterocycles. The Balaban J connectivity index is 1.88. The van der Waals surface area contributed by atoms with Gasteiger partial charge in [-0.2, -0.15) is 0 Å². The normalized spacial score (nSPS) is 17.9. The smallest absolute Gasteiger partial charge is 0.273 e. The first kappa shape index (κ1) is 14.6. The summed E-state index contributed by atoms with van der Waals surface area (Å²) in [6.07, 6.45) is 2.55. The van der Waals surface area contributed by atoms with E-state index in [1.807, 2.05) is 0 Å². The lowest BCUT2D eigenvalue weighted by Crippen LogP contribution is -2.27. The van der Waals surface area contributed by atoms with Crippen molar-refractivity contribution in [3.8, 4) is 0 Å². The van der Waals surface area contributed by atoms with Gasteiger partial charge in [0.2, 0.25) is 5.09 Å². The first-order valence-electron chi connectivity index (χ1n) is 6.63. The van der Waals surface area contributed by atoms with Crippen LogP contribution >= 0.6 is 0 Å². The summed E-state index contributed by atoms with van der Waals surface area (Å²) in [5, 5.41) is 3.33. The first-order valence-corrected chi connectivity index (χ1v) is 8.11. The molecule has 1 fully saturated rings. The molecule has 0 amide bonds. The van der Waals surface area contributed by atoms with E-state index in [2.05, 4.69) is 23.9 Å². The summed E-state index contributed by atoms with van der Waals surface area (Å²) >= 11 is 0. The highest BCUT2D eigenvalue weighted by atomic mass is 32.2. The highest BCUT2D eigenvalue weighted by Crippen LogP contribution is 2.51. The van der Waals surface area contributed by atoms with Crippen molar-refractivity contribution in [3.05, 3.63) is 17.9 Å². The van der Waals surface area contributed by atoms with Crippen molar-refractivity contribution in [1.82, 2.24) is 10.0 Å². The molecule has 0 bridgehead atoms. The highest BCUT2D eigenvalue weighted by molar-refractivity contribution is 7.89. The lowest BCUT2D eigenvalue weighted by Gasteiger charge is -2.19. The lowest BCUT2D eigenvalue weighted by atomic mass is 9.92. The fourth-order valence-electron chi connectivity index (χ4n) is 2.25. The molecule has 19 heavy (non-hydrogen) atoms. The molecule has 2 N–H and O–H groups in total. The van der Waals surface area contributed by atoms with E-state index in [4.69, 9.17) is 4.42 Å². The Morgan fingerprint density at radius 1 is 1.37 bits per heavy atom. The van der Waals surface area contributed by atoms with Gasteiger partial charge in [-0.1, -0.05) is 13.8 Å². The van der Waals surface area contributed by atoms with Crippen molar-refractivity contribution >= 4 is 10.0 Å². The SMILES string of the molecule is CNS(=O)(=O)c1ccc(CNCC2(C(C)C)CC2)o1. The van der Waals surface area contributed by atoms with E-state index >= 15 is 0 Å². The van der Waals surface area contributed by atoms with E-state index < -0.39 is 10.0 Å². The van der Waals surface area contributed by atoms with Crippen LogP contribution in [0.2, 0.25) is 0 Å². The van der Waals surface area contributed by atoms with Crippen LogP contribution in [0.15, 0.2) is 21.6 Å². The van der Waals surface area contributed by atoms with Crippen LogP contribution < -0.4 is 10.0 Å². The Hall–Kier alpha value is -0.850. The molecule has 1 heterocycles. The van der Waals surface area contributed by atoms with Gasteiger partial charge in [-0.15, -0.1) is 0 Å². The second-order valence-electron chi connectivity index (χ2n) is 5.55. The summed E-state index contributed by atoms with van der Waals surface area (Å²) in [6.45, 7) is 6.02. The highest BCUT2D eigenvalue weighted by Gasteiger charge is 2.44. The predicted octanol–water partition coefficient (Wildman–Crippen LogP) is 1.71. The van der Waals surface area contributed by atoms with E-state index in [9.17, 15) is 8.42 Å². The maximum Gasteiger partial charge on any atom is 0.273 e. The zero-order valence-corrected chi connectivity index (χ0v) is 12.5. The third-order valence-corrected chi connectivity index (χ3v) is 5.35. The van der Waals surface area contributed by atoms with Gasteiger partial charge in [0.15, 0.2) is 0 Å². The predicted molar refractivity (Wildman–Crippen MR) is 73.2 cm³/mol. The Bertz CT molecular complexity index is 530. The molecule has 0 atom stereocenters. The van der Waals surface area contributed by atoms with Gasteiger partial charge in [0.1, 0.15) is 5.76 Å². The Labute approximate surface area is 114 Å². The van der Waals surface area contributed by atoms with Crippen molar-refractivity contribution < 1.29 is 12.8 Å². The molecule has 0 aliphatic heterocycles. The standard InChI is InChI=1S/C13H22N2O3S/c1-10(2)13(6-7-13)9-15-8-11-4-5-12(18-11)19(16,17)14-3/h4-5,10,14-15H,6-9H2,1-3H3. The summed E-state index contributed by atoms with van der Waals surface area (Å²) < 4.78 is 30.6. The Kier molecular flexibility index (Phi) is 4.03. The van der Waals surface area contributed by atoms with Crippen molar-refractivity contribution in [1.29, 1.82) is 0 Å². The summed E-state index contributed by atoms with van der Waals surface area (Å²) in [6, 6.07) is 3.18. The fraction of sp³-hybridized carbons (Fsp3) is 0.692. The molecule has 6 heteroatoms. The third-order valence-electron chi connectivity index (χ3n) is 4.06. The zero-order chi connectivity index (χ0) is 14.1. The molecular weight excluding hydrogens is 264 g/mol. The van der Waals surface area contributed by atoms with Crippen LogP contribution in [-0.2, 0) is 16.6 Å². The van der Waals surface area contributed by atoms with E-state index in [0.717, 1.165) is 6.54 Å². The maximum absolute atomic E-state index is 11.5. The first-order chi connectivity index (χ1) is 8.89. The van der Waals surface area contributed by atoms with Gasteiger partial charge in [-0.25, -0.2) is 13.1 Å². The van der Waals surface area contributed by atoms with Crippen LogP contribution in [0.4, 0.5) is 0 Å². The number of sulfonamides is 1. The molecule has 1 aliphatic carbocycles. The van der Waals surface area contributed by atoms with Crippen LogP contribution in [0.25, 0.3) is 0 Å². The van der Waals surface area contributed by atoms with Crippen molar-refractivity contribution in [3.63, 3.8) is 0 Å². The van der Waals surface area contributed by atoms with E-state index in [1.54, 1.807) is 6.07 Å². The molecule has 0 spiro atoms. The Morgan fingerprint density at radius 2 is 2.05 bits per heavy atom. The van der Waals surface area contributed by atoms with Gasteiger partial charge in [0.25, 0.3) is 10.0 Å². The van der Waals surface area contributed by atoms with Gasteiger partial charge in [-0.05, 0) is 43.4 Å². The quantitative estimate of drug-likeness (QED) is 0.800. The number of rotatable bonds is 7. The van der Waals surface area contributed by atoms with Gasteiger partial charge in [0, 0.05) is 6.54 Å². The van der Waals surface area contributed by atoms with Crippen molar-refractivity contribution in [2.24, 2.45) is 11.3 Å². The van der Waals surface area contributed by atoms with Crippen LogP contribution in [0.3, 0.4) is 0 Å². The second-order valence-corrected chi connectivity index (χ2v) is 7.37. The average Bonchev–Trinajstić information content (AvgIpc) is 3.00. The monoisotopic (exact) mass is 286 g/mol. The zero-order valence-electron chi connectivity index (χ0n) is 11.7. The molecule has 1 aliphatic rings. The molecule has 0 aromatic carbocycles. The largest absolute Gasteiger partial charge is 0.447 e. The molecule has 1 aromatic rings. The van der Waals surface area contributed by atoms with E-state index in [0.29, 0.717) is 23.6 Å². The molecule has 2 rings (SSSR count). The van der Waals surface area contributed by atoms with Crippen molar-refractivity contribution in [2.45, 2.75) is 38.3 Å². The molecular formula is C13H22N2O3S. The minimum Gasteiger partial charge on any atom is -0.447 e. The number of hydrogen-bond donors (Lipinski definition) is 2. The topological polar surface area (TPSA) is 71.3 Å². The van der Waals surface area contributed by atoms with E-state index in [-0.39, 0.29) is 5.09 Å². The van der Waals surface area contributed by atoms with Crippen molar-refractivity contribution in [2.75, 3.05) is 13.6 Å². The maximum atomic E-state index is 11.5. The molecule has 108 valence electrons. The van der Waals surface area contributed by atoms with Crippen LogP contribution in [0.1, 0.15) is 32.4 Å². The second kappa shape index (κ2) is 5.26. The summed E-state index contributed by atoms with van der Waals surface area (Å²) in [5.74, 6) is 1.32. The number of nitrogens with one attached hydrogen (secondary N) is 2. The Morgan fingerprint density at radius 3 is 2.58 bits per heavy atom. The van der Waals surface area contributed by atoms with Crippen LogP contribution in [0.5, 0.6) is 0 Å². The molecule has 0 radical (unpaired) electrons. The fourth-order valence-corrected chi connectivity index (χ4v) is 2.92. The minimum atomic E-state index is -3.48. The summed E-state index contributed by atoms with van der Waals surface area (Å²) in [7, 11) is -2.11. The molecule has 5 nitrogen and oxygen atoms in total. The van der Waals surface area contributed by atoms with Gasteiger partial charge >= 0.3 is 0 Å². The van der Waals surface area contributed by atoms with Crippen LogP contribution in [0, 0.1) is 11.3 Å². The van der Waals surface area contributed by atoms with Gasteiger partial charge in [-0.3, -0.25) is 0 Å². The molecule has 0 saturated heterocycles.